The van der Waals surface area contributed by atoms with Gasteiger partial charge in [-0.2, -0.15) is 0 Å². The Bertz CT molecular complexity index is 1470. The zero-order valence-electron chi connectivity index (χ0n) is 29.0. The van der Waals surface area contributed by atoms with Crippen molar-refractivity contribution in [3.05, 3.63) is 47.0 Å². The van der Waals surface area contributed by atoms with Crippen molar-refractivity contribution in [2.75, 3.05) is 41.7 Å². The maximum absolute atomic E-state index is 10.6. The molecule has 0 aromatic heterocycles. The third kappa shape index (κ3) is 8.69. The lowest BCUT2D eigenvalue weighted by Crippen LogP contribution is -2.60. The number of hydrogen-bond acceptors (Lipinski definition) is 16. The molecule has 16 heteroatoms. The van der Waals surface area contributed by atoms with E-state index in [1.54, 1.807) is 24.3 Å². The molecule has 4 rings (SSSR count). The van der Waals surface area contributed by atoms with Gasteiger partial charge in [0.1, 0.15) is 48.8 Å². The number of hydrogen-bond donors (Lipinski definition) is 8. The van der Waals surface area contributed by atoms with Gasteiger partial charge in [0.05, 0.1) is 41.7 Å². The Balaban J connectivity index is 1.67. The first-order valence-corrected chi connectivity index (χ1v) is 16.3. The zero-order valence-corrected chi connectivity index (χ0v) is 29.0. The van der Waals surface area contributed by atoms with E-state index in [2.05, 4.69) is 0 Å². The minimum Gasteiger partial charge on any atom is -0.493 e. The summed E-state index contributed by atoms with van der Waals surface area (Å²) < 4.78 is 45.4. The standard InChI is InChI=1S/C35H48O16/c1-6-7-10-18-14-22(46-4)33(51-35-30(43)28(41)26(39)24(16-37)49-35)31(47-5)19(18)11-8-9-17-12-20(44-2)32(21(13-17)45-3)50-34-29(42)27(40)25(38)23(15-36)48-34/h7-10,12-14,23-30,34-43H,6,11,15-16H2,1-5H3. The lowest BCUT2D eigenvalue weighted by Gasteiger charge is -2.39. The molecule has 2 fully saturated rings. The average Bonchev–Trinajstić information content (AvgIpc) is 3.14. The molecule has 2 saturated heterocycles. The normalized spacial score (nSPS) is 29.7. The molecule has 51 heavy (non-hydrogen) atoms. The van der Waals surface area contributed by atoms with Crippen LogP contribution in [0.5, 0.6) is 34.5 Å². The van der Waals surface area contributed by atoms with Crippen LogP contribution in [0, 0.1) is 0 Å². The molecule has 8 N–H and O–H groups in total. The van der Waals surface area contributed by atoms with E-state index in [1.165, 1.54) is 28.4 Å². The molecule has 0 radical (unpaired) electrons. The van der Waals surface area contributed by atoms with Crippen LogP contribution in [-0.2, 0) is 15.9 Å². The molecule has 2 aliphatic rings. The van der Waals surface area contributed by atoms with Crippen LogP contribution in [0.15, 0.2) is 30.4 Å². The van der Waals surface area contributed by atoms with E-state index >= 15 is 0 Å². The highest BCUT2D eigenvalue weighted by Gasteiger charge is 2.46. The van der Waals surface area contributed by atoms with Crippen LogP contribution in [-0.4, -0.2) is 144 Å². The van der Waals surface area contributed by atoms with Gasteiger partial charge in [0.25, 0.3) is 0 Å². The number of aliphatic hydroxyl groups excluding tert-OH is 8. The minimum atomic E-state index is -1.67. The second-order valence-corrected chi connectivity index (χ2v) is 11.8. The number of methoxy groups -OCH3 is 4. The molecule has 16 nitrogen and oxygen atoms in total. The summed E-state index contributed by atoms with van der Waals surface area (Å²) in [6.45, 7) is 0.720. The van der Waals surface area contributed by atoms with Crippen LogP contribution in [0.3, 0.4) is 0 Å². The van der Waals surface area contributed by atoms with Crippen molar-refractivity contribution in [1.82, 2.24) is 0 Å². The van der Waals surface area contributed by atoms with Gasteiger partial charge in [0.15, 0.2) is 23.0 Å². The second-order valence-electron chi connectivity index (χ2n) is 11.8. The molecule has 0 bridgehead atoms. The van der Waals surface area contributed by atoms with Crippen LogP contribution in [0.25, 0.3) is 12.2 Å². The molecule has 0 amide bonds. The summed E-state index contributed by atoms with van der Waals surface area (Å²) >= 11 is 0. The summed E-state index contributed by atoms with van der Waals surface area (Å²) in [5.41, 5.74) is 2.00. The molecular formula is C35H48O16. The number of benzene rings is 2. The summed E-state index contributed by atoms with van der Waals surface area (Å²) in [4.78, 5) is 0. The largest absolute Gasteiger partial charge is 0.493 e. The first kappa shape index (κ1) is 40.1. The third-order valence-electron chi connectivity index (χ3n) is 8.58. The number of rotatable bonds is 15. The van der Waals surface area contributed by atoms with E-state index in [0.29, 0.717) is 11.1 Å². The Morgan fingerprint density at radius 3 is 1.53 bits per heavy atom. The van der Waals surface area contributed by atoms with E-state index in [0.717, 1.165) is 12.0 Å². The molecule has 284 valence electrons. The van der Waals surface area contributed by atoms with Crippen LogP contribution in [0.4, 0.5) is 0 Å². The maximum atomic E-state index is 10.6. The predicted molar refractivity (Wildman–Crippen MR) is 180 cm³/mol. The Kier molecular flexibility index (Phi) is 14.3. The van der Waals surface area contributed by atoms with Gasteiger partial charge >= 0.3 is 0 Å². The third-order valence-corrected chi connectivity index (χ3v) is 8.58. The molecular weight excluding hydrogens is 676 g/mol. The number of ether oxygens (including phenoxy) is 8. The smallest absolute Gasteiger partial charge is 0.229 e. The number of allylic oxidation sites excluding steroid dienone is 2. The van der Waals surface area contributed by atoms with Crippen molar-refractivity contribution in [3.63, 3.8) is 0 Å². The van der Waals surface area contributed by atoms with Gasteiger partial charge in [0, 0.05) is 5.56 Å². The van der Waals surface area contributed by atoms with Crippen LogP contribution < -0.4 is 28.4 Å². The van der Waals surface area contributed by atoms with Crippen LogP contribution in [0.1, 0.15) is 30.0 Å². The molecule has 0 saturated carbocycles. The molecule has 10 unspecified atom stereocenters. The Morgan fingerprint density at radius 2 is 1.08 bits per heavy atom. The zero-order chi connectivity index (χ0) is 37.4. The highest BCUT2D eigenvalue weighted by atomic mass is 16.7. The van der Waals surface area contributed by atoms with E-state index in [1.807, 2.05) is 25.2 Å². The van der Waals surface area contributed by atoms with Gasteiger partial charge in [-0.15, -0.1) is 0 Å². The SMILES string of the molecule is CCC=Cc1cc(OC)c(OC2OC(CO)C(O)C(O)C2O)c(OC)c1CC=Cc1cc(OC)c(OC2OC(CO)C(O)C(O)C2O)c(OC)c1. The number of aliphatic hydroxyl groups is 8. The van der Waals surface area contributed by atoms with Gasteiger partial charge < -0.3 is 78.7 Å². The van der Waals surface area contributed by atoms with E-state index in [-0.39, 0.29) is 40.9 Å². The van der Waals surface area contributed by atoms with Gasteiger partial charge in [0.2, 0.25) is 24.1 Å². The summed E-state index contributed by atoms with van der Waals surface area (Å²) in [5, 5.41) is 81.2. The van der Waals surface area contributed by atoms with E-state index < -0.39 is 74.6 Å². The molecule has 2 aliphatic heterocycles. The van der Waals surface area contributed by atoms with Gasteiger partial charge in [-0.25, -0.2) is 0 Å². The highest BCUT2D eigenvalue weighted by molar-refractivity contribution is 5.69. The molecule has 2 aromatic carbocycles. The summed E-state index contributed by atoms with van der Waals surface area (Å²) in [6.07, 6.45) is -6.62. The van der Waals surface area contributed by atoms with Crippen LogP contribution in [0.2, 0.25) is 0 Å². The molecule has 2 aromatic rings. The van der Waals surface area contributed by atoms with E-state index in [4.69, 9.17) is 37.9 Å². The lowest BCUT2D eigenvalue weighted by atomic mass is 9.98. The molecule has 0 spiro atoms. The van der Waals surface area contributed by atoms with Crippen molar-refractivity contribution in [1.29, 1.82) is 0 Å². The Morgan fingerprint density at radius 1 is 0.588 bits per heavy atom. The fourth-order valence-corrected chi connectivity index (χ4v) is 5.74. The fourth-order valence-electron chi connectivity index (χ4n) is 5.74. The van der Waals surface area contributed by atoms with Crippen molar-refractivity contribution in [2.45, 2.75) is 81.2 Å². The first-order valence-electron chi connectivity index (χ1n) is 16.3. The molecule has 10 atom stereocenters. The van der Waals surface area contributed by atoms with Crippen molar-refractivity contribution >= 4 is 12.2 Å². The van der Waals surface area contributed by atoms with Crippen molar-refractivity contribution < 1.29 is 78.7 Å². The lowest BCUT2D eigenvalue weighted by molar-refractivity contribution is -0.277. The van der Waals surface area contributed by atoms with E-state index in [9.17, 15) is 40.9 Å². The van der Waals surface area contributed by atoms with Crippen molar-refractivity contribution in [2.24, 2.45) is 0 Å². The Labute approximate surface area is 295 Å². The van der Waals surface area contributed by atoms with Gasteiger partial charge in [-0.3, -0.25) is 0 Å². The maximum Gasteiger partial charge on any atom is 0.229 e. The second kappa shape index (κ2) is 18.2. The summed E-state index contributed by atoms with van der Waals surface area (Å²) in [7, 11) is 5.65. The molecule has 0 aliphatic carbocycles. The predicted octanol–water partition coefficient (Wildman–Crippen LogP) is -0.242. The quantitative estimate of drug-likeness (QED) is 0.118. The van der Waals surface area contributed by atoms with Crippen LogP contribution >= 0.6 is 0 Å². The highest BCUT2D eigenvalue weighted by Crippen LogP contribution is 2.45. The average molecular weight is 725 g/mol. The first-order chi connectivity index (χ1) is 24.5. The minimum absolute atomic E-state index is 0.0419. The van der Waals surface area contributed by atoms with Crippen molar-refractivity contribution in [3.8, 4) is 34.5 Å². The summed E-state index contributed by atoms with van der Waals surface area (Å²) in [5.74, 6) is 0.950. The van der Waals surface area contributed by atoms with Gasteiger partial charge in [-0.1, -0.05) is 31.2 Å². The van der Waals surface area contributed by atoms with Gasteiger partial charge in [-0.05, 0) is 42.2 Å². The topological polar surface area (TPSA) is 236 Å². The monoisotopic (exact) mass is 724 g/mol. The summed E-state index contributed by atoms with van der Waals surface area (Å²) in [6, 6.07) is 4.98. The Hall–Kier alpha value is -3.68. The fraction of sp³-hybridized carbons (Fsp3) is 0.543. The molecule has 2 heterocycles.